The number of rotatable bonds is 8. The summed E-state index contributed by atoms with van der Waals surface area (Å²) in [4.78, 5) is 30.7. The van der Waals surface area contributed by atoms with Crippen LogP contribution in [0.3, 0.4) is 0 Å². The highest BCUT2D eigenvalue weighted by atomic mass is 16.5. The van der Waals surface area contributed by atoms with E-state index in [1.807, 2.05) is 66.9 Å². The minimum absolute atomic E-state index is 0.0740. The van der Waals surface area contributed by atoms with Crippen LogP contribution in [0.15, 0.2) is 79.0 Å². The van der Waals surface area contributed by atoms with Gasteiger partial charge in [0, 0.05) is 41.4 Å². The largest absolute Gasteiger partial charge is 0.469 e. The maximum atomic E-state index is 13.4. The van der Waals surface area contributed by atoms with E-state index in [1.165, 1.54) is 7.11 Å². The third kappa shape index (κ3) is 5.67. The third-order valence-corrected chi connectivity index (χ3v) is 6.80. The van der Waals surface area contributed by atoms with Crippen molar-refractivity contribution in [2.24, 2.45) is 0 Å². The van der Waals surface area contributed by atoms with Gasteiger partial charge >= 0.3 is 5.97 Å². The summed E-state index contributed by atoms with van der Waals surface area (Å²) in [5.41, 5.74) is 5.85. The quantitative estimate of drug-likeness (QED) is 0.357. The molecule has 1 fully saturated rings. The highest BCUT2D eigenvalue weighted by Gasteiger charge is 2.23. The second-order valence-corrected chi connectivity index (χ2v) is 9.19. The Morgan fingerprint density at radius 1 is 1.00 bits per heavy atom. The smallest absolute Gasteiger partial charge is 0.310 e. The van der Waals surface area contributed by atoms with Crippen LogP contribution in [0.5, 0.6) is 0 Å². The second-order valence-electron chi connectivity index (χ2n) is 9.19. The van der Waals surface area contributed by atoms with Crippen molar-refractivity contribution in [3.8, 4) is 0 Å². The normalized spacial score (nSPS) is 14.4. The standard InChI is InChI=1S/C30H31N3O4/c1-36-29(35)19-23-20-31-26-12-11-21(17-25(23)26)18-28(34)32-30(22-7-3-2-4-8-22)24-9-5-6-10-27(24)33-13-15-37-16-14-33/h2-12,17,20,30-31H,13-16,18-19H2,1H3,(H,32,34). The Morgan fingerprint density at radius 3 is 2.54 bits per heavy atom. The van der Waals surface area contributed by atoms with Crippen molar-refractivity contribution < 1.29 is 19.1 Å². The lowest BCUT2D eigenvalue weighted by Crippen LogP contribution is -2.38. The van der Waals surface area contributed by atoms with Gasteiger partial charge in [0.25, 0.3) is 0 Å². The predicted molar refractivity (Wildman–Crippen MR) is 144 cm³/mol. The average Bonchev–Trinajstić information content (AvgIpc) is 3.34. The zero-order valence-corrected chi connectivity index (χ0v) is 20.9. The summed E-state index contributed by atoms with van der Waals surface area (Å²) in [7, 11) is 1.38. The number of H-pyrrole nitrogens is 1. The lowest BCUT2D eigenvalue weighted by atomic mass is 9.95. The molecule has 1 aliphatic rings. The summed E-state index contributed by atoms with van der Waals surface area (Å²) in [6.45, 7) is 3.01. The van der Waals surface area contributed by atoms with Crippen LogP contribution in [0.25, 0.3) is 10.9 Å². The van der Waals surface area contributed by atoms with Crippen LogP contribution in [0, 0.1) is 0 Å². The van der Waals surface area contributed by atoms with Gasteiger partial charge in [0.15, 0.2) is 0 Å². The van der Waals surface area contributed by atoms with Gasteiger partial charge in [-0.15, -0.1) is 0 Å². The van der Waals surface area contributed by atoms with Crippen LogP contribution in [0.2, 0.25) is 0 Å². The van der Waals surface area contributed by atoms with E-state index < -0.39 is 0 Å². The number of esters is 1. The molecular weight excluding hydrogens is 466 g/mol. The van der Waals surface area contributed by atoms with Crippen LogP contribution in [-0.4, -0.2) is 50.3 Å². The summed E-state index contributed by atoms with van der Waals surface area (Å²) < 4.78 is 10.4. The molecule has 1 amide bonds. The molecule has 1 atom stereocenters. The number of aromatic amines is 1. The molecular formula is C30H31N3O4. The summed E-state index contributed by atoms with van der Waals surface area (Å²) in [5.74, 6) is -0.372. The number of anilines is 1. The number of morpholine rings is 1. The number of nitrogens with zero attached hydrogens (tertiary/aromatic N) is 1. The van der Waals surface area contributed by atoms with Gasteiger partial charge in [-0.3, -0.25) is 9.59 Å². The summed E-state index contributed by atoms with van der Waals surface area (Å²) in [6, 6.07) is 23.9. The second kappa shape index (κ2) is 11.3. The van der Waals surface area contributed by atoms with E-state index in [1.54, 1.807) is 0 Å². The maximum Gasteiger partial charge on any atom is 0.310 e. The molecule has 1 aromatic heterocycles. The molecule has 3 aromatic carbocycles. The molecule has 2 heterocycles. The SMILES string of the molecule is COC(=O)Cc1c[nH]c2ccc(CC(=O)NC(c3ccccc3)c3ccccc3N3CCOCC3)cc12. The first-order valence-corrected chi connectivity index (χ1v) is 12.5. The molecule has 0 spiro atoms. The molecule has 1 aliphatic heterocycles. The van der Waals surface area contributed by atoms with E-state index in [-0.39, 0.29) is 30.8 Å². The summed E-state index contributed by atoms with van der Waals surface area (Å²) in [6.07, 6.45) is 2.22. The number of hydrogen-bond donors (Lipinski definition) is 2. The Balaban J connectivity index is 1.41. The van der Waals surface area contributed by atoms with E-state index in [4.69, 9.17) is 9.47 Å². The van der Waals surface area contributed by atoms with E-state index in [2.05, 4.69) is 27.3 Å². The fourth-order valence-corrected chi connectivity index (χ4v) is 4.92. The van der Waals surface area contributed by atoms with Gasteiger partial charge in [-0.2, -0.15) is 0 Å². The number of aromatic nitrogens is 1. The molecule has 0 saturated carbocycles. The molecule has 7 nitrogen and oxygen atoms in total. The fourth-order valence-electron chi connectivity index (χ4n) is 4.92. The van der Waals surface area contributed by atoms with Gasteiger partial charge in [0.2, 0.25) is 5.91 Å². The molecule has 7 heteroatoms. The summed E-state index contributed by atoms with van der Waals surface area (Å²) in [5, 5.41) is 4.22. The van der Waals surface area contributed by atoms with Gasteiger partial charge in [-0.25, -0.2) is 0 Å². The van der Waals surface area contributed by atoms with Crippen LogP contribution in [0.4, 0.5) is 5.69 Å². The van der Waals surface area contributed by atoms with E-state index in [9.17, 15) is 9.59 Å². The Morgan fingerprint density at radius 2 is 1.76 bits per heavy atom. The van der Waals surface area contributed by atoms with E-state index >= 15 is 0 Å². The number of carbonyl (C=O) groups is 2. The molecule has 1 saturated heterocycles. The molecule has 4 aromatic rings. The van der Waals surface area contributed by atoms with Crippen molar-refractivity contribution in [2.75, 3.05) is 38.3 Å². The van der Waals surface area contributed by atoms with Crippen LogP contribution in [-0.2, 0) is 31.9 Å². The first-order chi connectivity index (χ1) is 18.1. The molecule has 37 heavy (non-hydrogen) atoms. The van der Waals surface area contributed by atoms with Gasteiger partial charge in [0.1, 0.15) is 0 Å². The minimum Gasteiger partial charge on any atom is -0.469 e. The van der Waals surface area contributed by atoms with Gasteiger partial charge in [0.05, 0.1) is 39.2 Å². The number of carbonyl (C=O) groups excluding carboxylic acids is 2. The van der Waals surface area contributed by atoms with Gasteiger partial charge in [-0.1, -0.05) is 54.6 Å². The highest BCUT2D eigenvalue weighted by molar-refractivity contribution is 5.89. The zero-order valence-electron chi connectivity index (χ0n) is 20.9. The number of benzene rings is 3. The predicted octanol–water partition coefficient (Wildman–Crippen LogP) is 4.17. The van der Waals surface area contributed by atoms with Crippen LogP contribution >= 0.6 is 0 Å². The Labute approximate surface area is 216 Å². The number of ether oxygens (including phenoxy) is 2. The van der Waals surface area contributed by atoms with Crippen molar-refractivity contribution in [1.29, 1.82) is 0 Å². The first kappa shape index (κ1) is 24.6. The van der Waals surface area contributed by atoms with Gasteiger partial charge in [-0.05, 0) is 34.9 Å². The van der Waals surface area contributed by atoms with Crippen molar-refractivity contribution in [2.45, 2.75) is 18.9 Å². The number of nitrogens with one attached hydrogen (secondary N) is 2. The Kier molecular flexibility index (Phi) is 7.51. The molecule has 190 valence electrons. The van der Waals surface area contributed by atoms with Crippen molar-refractivity contribution in [3.63, 3.8) is 0 Å². The van der Waals surface area contributed by atoms with E-state index in [0.717, 1.165) is 51.9 Å². The monoisotopic (exact) mass is 497 g/mol. The molecule has 0 bridgehead atoms. The lowest BCUT2D eigenvalue weighted by Gasteiger charge is -2.33. The highest BCUT2D eigenvalue weighted by Crippen LogP contribution is 2.31. The average molecular weight is 498 g/mol. The molecule has 0 aliphatic carbocycles. The third-order valence-electron chi connectivity index (χ3n) is 6.80. The number of fused-ring (bicyclic) bond motifs is 1. The Hall–Kier alpha value is -4.10. The summed E-state index contributed by atoms with van der Waals surface area (Å²) >= 11 is 0. The molecule has 0 radical (unpaired) electrons. The molecule has 1 unspecified atom stereocenters. The number of amides is 1. The minimum atomic E-state index is -0.298. The topological polar surface area (TPSA) is 83.7 Å². The lowest BCUT2D eigenvalue weighted by molar-refractivity contribution is -0.139. The van der Waals surface area contributed by atoms with Crippen molar-refractivity contribution >= 4 is 28.5 Å². The van der Waals surface area contributed by atoms with Gasteiger partial charge < -0.3 is 24.7 Å². The number of hydrogen-bond acceptors (Lipinski definition) is 5. The zero-order chi connectivity index (χ0) is 25.6. The number of para-hydroxylation sites is 1. The molecule has 5 rings (SSSR count). The molecule has 2 N–H and O–H groups in total. The Bertz CT molecular complexity index is 1380. The van der Waals surface area contributed by atoms with Crippen LogP contribution in [0.1, 0.15) is 28.3 Å². The number of methoxy groups -OCH3 is 1. The van der Waals surface area contributed by atoms with E-state index in [0.29, 0.717) is 13.2 Å². The fraction of sp³-hybridized carbons (Fsp3) is 0.267. The van der Waals surface area contributed by atoms with Crippen LogP contribution < -0.4 is 10.2 Å². The first-order valence-electron chi connectivity index (χ1n) is 12.5. The maximum absolute atomic E-state index is 13.4. The van der Waals surface area contributed by atoms with Crippen molar-refractivity contribution in [3.05, 3.63) is 101 Å². The van der Waals surface area contributed by atoms with Crippen molar-refractivity contribution in [1.82, 2.24) is 10.3 Å².